The Hall–Kier alpha value is -2.69. The summed E-state index contributed by atoms with van der Waals surface area (Å²) in [5.74, 6) is -0.912. The Bertz CT molecular complexity index is 1530. The zero-order chi connectivity index (χ0) is 23.3. The lowest BCUT2D eigenvalue weighted by atomic mass is 10.1. The van der Waals surface area contributed by atoms with Gasteiger partial charge in [0.1, 0.15) is 5.69 Å². The van der Waals surface area contributed by atoms with Crippen LogP contribution in [0.4, 0.5) is 0 Å². The molecule has 1 N–H and O–H groups in total. The summed E-state index contributed by atoms with van der Waals surface area (Å²) in [5.41, 5.74) is 0.892. The molecule has 0 saturated carbocycles. The number of fused-ring (bicyclic) bond motifs is 2. The van der Waals surface area contributed by atoms with Crippen LogP contribution in [-0.4, -0.2) is 55.1 Å². The Morgan fingerprint density at radius 1 is 1.06 bits per heavy atom. The van der Waals surface area contributed by atoms with Crippen molar-refractivity contribution in [2.24, 2.45) is 0 Å². The van der Waals surface area contributed by atoms with Crippen LogP contribution < -0.4 is 0 Å². The fraction of sp³-hybridized carbons (Fsp3) is 0.182. The number of carboxylic acid groups (broad SMARTS) is 1. The van der Waals surface area contributed by atoms with Gasteiger partial charge in [-0.05, 0) is 42.5 Å². The van der Waals surface area contributed by atoms with Gasteiger partial charge in [-0.15, -0.1) is 0 Å². The molecule has 1 fully saturated rings. The smallest absolute Gasteiger partial charge is 0.336 e. The maximum atomic E-state index is 13.0. The Kier molecular flexibility index (Phi) is 5.54. The van der Waals surface area contributed by atoms with E-state index in [9.17, 15) is 18.3 Å². The predicted octanol–water partition coefficient (Wildman–Crippen LogP) is 4.67. The summed E-state index contributed by atoms with van der Waals surface area (Å²) in [4.78, 5) is 16.6. The van der Waals surface area contributed by atoms with Crippen LogP contribution in [0, 0.1) is 0 Å². The minimum absolute atomic E-state index is 0.000823. The second-order valence-corrected chi connectivity index (χ2v) is 10.3. The highest BCUT2D eigenvalue weighted by atomic mass is 35.5. The molecule has 0 atom stereocenters. The summed E-state index contributed by atoms with van der Waals surface area (Å²) < 4.78 is 38.4. The van der Waals surface area contributed by atoms with Crippen molar-refractivity contribution in [2.75, 3.05) is 26.3 Å². The van der Waals surface area contributed by atoms with Crippen LogP contribution in [0.5, 0.6) is 0 Å². The topological polar surface area (TPSA) is 110 Å². The van der Waals surface area contributed by atoms with E-state index in [1.165, 1.54) is 28.6 Å². The van der Waals surface area contributed by atoms with Crippen molar-refractivity contribution in [2.45, 2.75) is 4.90 Å². The van der Waals surface area contributed by atoms with Crippen LogP contribution in [-0.2, 0) is 14.8 Å². The van der Waals surface area contributed by atoms with Crippen LogP contribution in [0.25, 0.3) is 33.3 Å². The quantitative estimate of drug-likeness (QED) is 0.427. The second-order valence-electron chi connectivity index (χ2n) is 7.47. The normalized spacial score (nSPS) is 15.3. The molecule has 170 valence electrons. The zero-order valence-electron chi connectivity index (χ0n) is 16.9. The molecule has 4 aromatic rings. The predicted molar refractivity (Wildman–Crippen MR) is 124 cm³/mol. The molecule has 2 aromatic heterocycles. The van der Waals surface area contributed by atoms with E-state index in [2.05, 4.69) is 4.98 Å². The molecule has 5 rings (SSSR count). The summed E-state index contributed by atoms with van der Waals surface area (Å²) >= 11 is 12.3. The van der Waals surface area contributed by atoms with Gasteiger partial charge in [0.25, 0.3) is 0 Å². The number of aromatic nitrogens is 1. The van der Waals surface area contributed by atoms with Crippen molar-refractivity contribution < 1.29 is 27.5 Å². The summed E-state index contributed by atoms with van der Waals surface area (Å²) in [5, 5.41) is 11.5. The number of furan rings is 1. The Morgan fingerprint density at radius 2 is 1.82 bits per heavy atom. The number of rotatable bonds is 4. The number of hydrogen-bond donors (Lipinski definition) is 1. The molecule has 1 saturated heterocycles. The van der Waals surface area contributed by atoms with Gasteiger partial charge in [0.15, 0.2) is 11.3 Å². The van der Waals surface area contributed by atoms with Gasteiger partial charge in [0.2, 0.25) is 10.0 Å². The Balaban J connectivity index is 1.65. The van der Waals surface area contributed by atoms with Crippen LogP contribution in [0.2, 0.25) is 10.0 Å². The van der Waals surface area contributed by atoms with Gasteiger partial charge < -0.3 is 14.3 Å². The number of hydrogen-bond acceptors (Lipinski definition) is 6. The minimum Gasteiger partial charge on any atom is -0.478 e. The number of pyridine rings is 1. The summed E-state index contributed by atoms with van der Waals surface area (Å²) in [7, 11) is -3.80. The Morgan fingerprint density at radius 3 is 2.55 bits per heavy atom. The average Bonchev–Trinajstić information content (AvgIpc) is 3.23. The third-order valence-corrected chi connectivity index (χ3v) is 7.80. The first kappa shape index (κ1) is 22.1. The van der Waals surface area contributed by atoms with Gasteiger partial charge in [0.05, 0.1) is 34.2 Å². The molecule has 0 aliphatic carbocycles. The molecule has 0 radical (unpaired) electrons. The fourth-order valence-electron chi connectivity index (χ4n) is 3.81. The molecule has 8 nitrogen and oxygen atoms in total. The number of carboxylic acids is 1. The summed E-state index contributed by atoms with van der Waals surface area (Å²) in [6, 6.07) is 10.5. The number of aromatic carboxylic acids is 1. The lowest BCUT2D eigenvalue weighted by molar-refractivity contribution is 0.0699. The molecule has 2 aromatic carbocycles. The number of halogens is 2. The van der Waals surface area contributed by atoms with E-state index in [0.29, 0.717) is 45.5 Å². The van der Waals surface area contributed by atoms with Crippen LogP contribution in [0.15, 0.2) is 51.8 Å². The number of benzene rings is 2. The highest BCUT2D eigenvalue weighted by Gasteiger charge is 2.27. The standard InChI is InChI=1S/C22H16Cl2N2O6S/c23-13-7-12-8-20(32-21(12)17(24)9-13)19-11-16(22(27)28)15-10-14(1-2-18(15)25-19)33(29,30)26-3-5-31-6-4-26/h1-2,7-11H,3-6H2,(H,27,28). The maximum absolute atomic E-state index is 13.0. The number of ether oxygens (including phenoxy) is 1. The third kappa shape index (κ3) is 3.96. The SMILES string of the molecule is O=C(O)c1cc(-c2cc3cc(Cl)cc(Cl)c3o2)nc2ccc(S(=O)(=O)N3CCOCC3)cc12. The average molecular weight is 507 g/mol. The molecular weight excluding hydrogens is 491 g/mol. The molecule has 1 aliphatic heterocycles. The third-order valence-electron chi connectivity index (χ3n) is 5.41. The minimum atomic E-state index is -3.80. The highest BCUT2D eigenvalue weighted by Crippen LogP contribution is 2.35. The number of sulfonamides is 1. The van der Waals surface area contributed by atoms with Crippen LogP contribution >= 0.6 is 23.2 Å². The second kappa shape index (κ2) is 8.27. The van der Waals surface area contributed by atoms with Crippen molar-refractivity contribution in [3.63, 3.8) is 0 Å². The Labute approximate surface area is 198 Å². The van der Waals surface area contributed by atoms with E-state index >= 15 is 0 Å². The van der Waals surface area contributed by atoms with E-state index in [4.69, 9.17) is 32.4 Å². The van der Waals surface area contributed by atoms with Crippen molar-refractivity contribution in [1.29, 1.82) is 0 Å². The van der Waals surface area contributed by atoms with Crippen molar-refractivity contribution in [1.82, 2.24) is 9.29 Å². The van der Waals surface area contributed by atoms with Crippen LogP contribution in [0.1, 0.15) is 10.4 Å². The van der Waals surface area contributed by atoms with Crippen molar-refractivity contribution in [3.8, 4) is 11.5 Å². The van der Waals surface area contributed by atoms with Gasteiger partial charge in [-0.2, -0.15) is 4.31 Å². The number of morpholine rings is 1. The lowest BCUT2D eigenvalue weighted by Crippen LogP contribution is -2.40. The molecule has 11 heteroatoms. The summed E-state index contributed by atoms with van der Waals surface area (Å²) in [6.45, 7) is 1.10. The first-order valence-corrected chi connectivity index (χ1v) is 12.1. The van der Waals surface area contributed by atoms with E-state index in [1.807, 2.05) is 0 Å². The maximum Gasteiger partial charge on any atom is 0.336 e. The van der Waals surface area contributed by atoms with Gasteiger partial charge in [-0.1, -0.05) is 23.2 Å². The van der Waals surface area contributed by atoms with Gasteiger partial charge >= 0.3 is 5.97 Å². The van der Waals surface area contributed by atoms with Gasteiger partial charge in [-0.25, -0.2) is 18.2 Å². The van der Waals surface area contributed by atoms with Gasteiger partial charge in [-0.3, -0.25) is 0 Å². The molecule has 33 heavy (non-hydrogen) atoms. The molecular formula is C22H16Cl2N2O6S. The van der Waals surface area contributed by atoms with E-state index in [0.717, 1.165) is 0 Å². The number of nitrogens with zero attached hydrogens (tertiary/aromatic N) is 2. The molecule has 0 unspecified atom stereocenters. The van der Waals surface area contributed by atoms with E-state index in [-0.39, 0.29) is 34.6 Å². The molecule has 1 aliphatic rings. The largest absolute Gasteiger partial charge is 0.478 e. The van der Waals surface area contributed by atoms with Crippen LogP contribution in [0.3, 0.4) is 0 Å². The first-order chi connectivity index (χ1) is 15.7. The lowest BCUT2D eigenvalue weighted by Gasteiger charge is -2.26. The van der Waals surface area contributed by atoms with Crippen molar-refractivity contribution in [3.05, 3.63) is 58.1 Å². The molecule has 3 heterocycles. The number of carbonyl (C=O) groups is 1. The van der Waals surface area contributed by atoms with Gasteiger partial charge in [0, 0.05) is 28.9 Å². The van der Waals surface area contributed by atoms with E-state index < -0.39 is 16.0 Å². The fourth-order valence-corrected chi connectivity index (χ4v) is 5.79. The monoisotopic (exact) mass is 506 g/mol. The molecule has 0 spiro atoms. The zero-order valence-corrected chi connectivity index (χ0v) is 19.2. The summed E-state index contributed by atoms with van der Waals surface area (Å²) in [6.07, 6.45) is 0. The van der Waals surface area contributed by atoms with E-state index in [1.54, 1.807) is 18.2 Å². The molecule has 0 bridgehead atoms. The highest BCUT2D eigenvalue weighted by molar-refractivity contribution is 7.89. The van der Waals surface area contributed by atoms with Crippen molar-refractivity contribution >= 4 is 61.1 Å². The molecule has 0 amide bonds. The first-order valence-electron chi connectivity index (χ1n) is 9.89.